The van der Waals surface area contributed by atoms with Crippen LogP contribution in [0.1, 0.15) is 76.6 Å². The minimum absolute atomic E-state index is 0.224. The molecule has 8 nitrogen and oxygen atoms in total. The Labute approximate surface area is 237 Å². The second kappa shape index (κ2) is 8.35. The topological polar surface area (TPSA) is 85.5 Å². The molecule has 0 amide bonds. The first-order valence-corrected chi connectivity index (χ1v) is 15.0. The predicted molar refractivity (Wildman–Crippen MR) is 160 cm³/mol. The monoisotopic (exact) mass is 540 g/mol. The summed E-state index contributed by atoms with van der Waals surface area (Å²) in [7, 11) is 3.94. The molecule has 4 aromatic rings. The summed E-state index contributed by atoms with van der Waals surface area (Å²) < 4.78 is 3.76. The average Bonchev–Trinajstić information content (AvgIpc) is 3.44. The van der Waals surface area contributed by atoms with Gasteiger partial charge in [0.25, 0.3) is 0 Å². The lowest BCUT2D eigenvalue weighted by Crippen LogP contribution is -2.62. The van der Waals surface area contributed by atoms with Crippen LogP contribution >= 0.6 is 0 Å². The van der Waals surface area contributed by atoms with Crippen LogP contribution in [0.3, 0.4) is 0 Å². The second-order valence-electron chi connectivity index (χ2n) is 14.5. The highest BCUT2D eigenvalue weighted by Gasteiger charge is 2.54. The number of aryl methyl sites for hydroxylation is 2. The Balaban J connectivity index is 0.000000132. The lowest BCUT2D eigenvalue weighted by atomic mass is 9.51. The zero-order valence-corrected chi connectivity index (χ0v) is 25.4. The standard InChI is InChI=1S/2C16H22N4/c1-15(2)14-8-10-7-13-12(18-19-20(13)4)9-11(10)16(15,3)5-6-17-14;1-15(2)14-8-10-7-12-13(20(4)19-18-12)9-11(10)16(15,3)5-6-17-14/h2*7,9,14,17H,5-6,8H2,1-4H3/t2*14-,16+/m11/s1. The Hall–Kier alpha value is -2.84. The Morgan fingerprint density at radius 2 is 1.10 bits per heavy atom. The molecule has 0 spiro atoms. The fourth-order valence-corrected chi connectivity index (χ4v) is 8.59. The maximum atomic E-state index is 4.31. The molecule has 2 aromatic heterocycles. The van der Waals surface area contributed by atoms with Crippen LogP contribution in [0.15, 0.2) is 24.3 Å². The van der Waals surface area contributed by atoms with E-state index < -0.39 is 0 Å². The van der Waals surface area contributed by atoms with Gasteiger partial charge in [0.05, 0.1) is 11.0 Å². The highest BCUT2D eigenvalue weighted by molar-refractivity contribution is 5.78. The molecule has 2 aliphatic carbocycles. The van der Waals surface area contributed by atoms with Crippen molar-refractivity contribution in [3.05, 3.63) is 46.5 Å². The molecule has 2 saturated heterocycles. The van der Waals surface area contributed by atoms with E-state index >= 15 is 0 Å². The molecule has 212 valence electrons. The van der Waals surface area contributed by atoms with E-state index in [1.807, 2.05) is 23.5 Å². The van der Waals surface area contributed by atoms with Crippen molar-refractivity contribution in [2.75, 3.05) is 13.1 Å². The Kier molecular flexibility index (Phi) is 5.45. The van der Waals surface area contributed by atoms with E-state index in [0.29, 0.717) is 12.1 Å². The van der Waals surface area contributed by atoms with Gasteiger partial charge in [-0.1, -0.05) is 52.0 Å². The van der Waals surface area contributed by atoms with Crippen LogP contribution in [0.25, 0.3) is 22.1 Å². The maximum absolute atomic E-state index is 4.31. The van der Waals surface area contributed by atoms with Gasteiger partial charge in [0.1, 0.15) is 11.0 Å². The van der Waals surface area contributed by atoms with Gasteiger partial charge in [-0.25, -0.2) is 9.36 Å². The number of nitrogens with zero attached hydrogens (tertiary/aromatic N) is 6. The predicted octanol–water partition coefficient (Wildman–Crippen LogP) is 4.34. The first-order chi connectivity index (χ1) is 18.9. The molecule has 0 radical (unpaired) electrons. The molecule has 0 unspecified atom stereocenters. The van der Waals surface area contributed by atoms with E-state index in [1.165, 1.54) is 35.1 Å². The molecular formula is C32H44N8. The summed E-state index contributed by atoms with van der Waals surface area (Å²) >= 11 is 0. The van der Waals surface area contributed by atoms with Gasteiger partial charge >= 0.3 is 0 Å². The number of hydrogen-bond acceptors (Lipinski definition) is 6. The third kappa shape index (κ3) is 3.32. The summed E-state index contributed by atoms with van der Waals surface area (Å²) in [5.41, 5.74) is 11.3. The van der Waals surface area contributed by atoms with Gasteiger partial charge in [-0.2, -0.15) is 0 Å². The van der Waals surface area contributed by atoms with E-state index in [4.69, 9.17) is 0 Å². The number of nitrogens with one attached hydrogen (secondary N) is 2. The van der Waals surface area contributed by atoms with E-state index in [-0.39, 0.29) is 21.7 Å². The molecule has 4 heterocycles. The third-order valence-electron chi connectivity index (χ3n) is 12.3. The van der Waals surface area contributed by atoms with E-state index in [2.05, 4.69) is 97.1 Å². The van der Waals surface area contributed by atoms with Gasteiger partial charge < -0.3 is 10.6 Å². The Bertz CT molecular complexity index is 1640. The summed E-state index contributed by atoms with van der Waals surface area (Å²) in [5, 5.41) is 24.3. The molecule has 2 aromatic carbocycles. The van der Waals surface area contributed by atoms with Crippen LogP contribution < -0.4 is 10.6 Å². The first kappa shape index (κ1) is 26.1. The number of hydrogen-bond donors (Lipinski definition) is 2. The Morgan fingerprint density at radius 3 is 1.65 bits per heavy atom. The number of fused-ring (bicyclic) bond motifs is 10. The molecule has 8 rings (SSSR count). The van der Waals surface area contributed by atoms with Crippen molar-refractivity contribution in [2.24, 2.45) is 24.9 Å². The van der Waals surface area contributed by atoms with Gasteiger partial charge in [0.2, 0.25) is 0 Å². The van der Waals surface area contributed by atoms with Crippen LogP contribution in [-0.4, -0.2) is 55.2 Å². The molecule has 40 heavy (non-hydrogen) atoms. The third-order valence-corrected chi connectivity index (χ3v) is 12.3. The van der Waals surface area contributed by atoms with Crippen molar-refractivity contribution >= 4 is 22.1 Å². The van der Waals surface area contributed by atoms with Crippen molar-refractivity contribution in [3.8, 4) is 0 Å². The Morgan fingerprint density at radius 1 is 0.650 bits per heavy atom. The molecule has 8 heteroatoms. The zero-order valence-electron chi connectivity index (χ0n) is 25.4. The zero-order chi connectivity index (χ0) is 28.2. The highest BCUT2D eigenvalue weighted by Crippen LogP contribution is 2.55. The van der Waals surface area contributed by atoms with Crippen LogP contribution in [-0.2, 0) is 37.8 Å². The summed E-state index contributed by atoms with van der Waals surface area (Å²) in [6.07, 6.45) is 4.60. The summed E-state index contributed by atoms with van der Waals surface area (Å²) in [4.78, 5) is 0. The molecule has 4 aliphatic rings. The van der Waals surface area contributed by atoms with E-state index in [9.17, 15) is 0 Å². The van der Waals surface area contributed by atoms with E-state index in [0.717, 1.165) is 48.0 Å². The number of piperidine rings is 2. The van der Waals surface area contributed by atoms with Crippen LogP contribution in [0.2, 0.25) is 0 Å². The van der Waals surface area contributed by atoms with Crippen molar-refractivity contribution in [1.82, 2.24) is 40.6 Å². The summed E-state index contributed by atoms with van der Waals surface area (Å²) in [6, 6.07) is 10.3. The number of rotatable bonds is 0. The maximum Gasteiger partial charge on any atom is 0.113 e. The van der Waals surface area contributed by atoms with Crippen molar-refractivity contribution in [2.45, 2.75) is 90.1 Å². The summed E-state index contributed by atoms with van der Waals surface area (Å²) in [5.74, 6) is 0. The molecule has 4 atom stereocenters. The van der Waals surface area contributed by atoms with Crippen molar-refractivity contribution in [3.63, 3.8) is 0 Å². The smallest absolute Gasteiger partial charge is 0.113 e. The minimum atomic E-state index is 0.224. The van der Waals surface area contributed by atoms with Gasteiger partial charge in [-0.15, -0.1) is 10.2 Å². The minimum Gasteiger partial charge on any atom is -0.313 e. The van der Waals surface area contributed by atoms with E-state index in [1.54, 1.807) is 0 Å². The van der Waals surface area contributed by atoms with Crippen LogP contribution in [0, 0.1) is 10.8 Å². The fourth-order valence-electron chi connectivity index (χ4n) is 8.59. The van der Waals surface area contributed by atoms with Gasteiger partial charge in [-0.05, 0) is 96.1 Å². The fraction of sp³-hybridized carbons (Fsp3) is 0.625. The average molecular weight is 541 g/mol. The molecule has 2 aliphatic heterocycles. The van der Waals surface area contributed by atoms with Gasteiger partial charge in [0, 0.05) is 37.0 Å². The summed E-state index contributed by atoms with van der Waals surface area (Å²) in [6.45, 7) is 16.8. The molecule has 2 fully saturated rings. The normalized spacial score (nSPS) is 31.3. The van der Waals surface area contributed by atoms with Crippen molar-refractivity contribution in [1.29, 1.82) is 0 Å². The second-order valence-corrected chi connectivity index (χ2v) is 14.5. The lowest BCUT2D eigenvalue weighted by Gasteiger charge is -2.57. The largest absolute Gasteiger partial charge is 0.313 e. The molecule has 4 bridgehead atoms. The van der Waals surface area contributed by atoms with Gasteiger partial charge in [-0.3, -0.25) is 0 Å². The van der Waals surface area contributed by atoms with Crippen LogP contribution in [0.5, 0.6) is 0 Å². The SMILES string of the molecule is Cn1nnc2cc3c(cc21)C[C@H]1NCC[C@]3(C)C1(C)C.Cn1nnc2cc3c(cc21)[C@]1(C)CCN[C@H](C3)C1(C)C. The lowest BCUT2D eigenvalue weighted by molar-refractivity contribution is 0.0561. The van der Waals surface area contributed by atoms with Crippen LogP contribution in [0.4, 0.5) is 0 Å². The molecule has 0 saturated carbocycles. The quantitative estimate of drug-likeness (QED) is 0.345. The number of benzene rings is 2. The molecule has 2 N–H and O–H groups in total. The van der Waals surface area contributed by atoms with Gasteiger partial charge in [0.15, 0.2) is 0 Å². The van der Waals surface area contributed by atoms with Crippen molar-refractivity contribution < 1.29 is 0 Å². The number of aromatic nitrogens is 6. The molecular weight excluding hydrogens is 496 g/mol. The highest BCUT2D eigenvalue weighted by atomic mass is 15.4. The first-order valence-electron chi connectivity index (χ1n) is 15.0.